The van der Waals surface area contributed by atoms with Gasteiger partial charge in [0.1, 0.15) is 12.1 Å². The molecule has 3 atom stereocenters. The van der Waals surface area contributed by atoms with Crippen LogP contribution in [0.5, 0.6) is 0 Å². The maximum atomic E-state index is 13.6. The summed E-state index contributed by atoms with van der Waals surface area (Å²) in [6.45, 7) is 0. The lowest BCUT2D eigenvalue weighted by Crippen LogP contribution is -2.50. The number of amides is 3. The molecule has 120 valence electrons. The number of imide groups is 1. The van der Waals surface area contributed by atoms with Crippen molar-refractivity contribution in [3.05, 3.63) is 35.4 Å². The first kappa shape index (κ1) is 14.3. The van der Waals surface area contributed by atoms with E-state index in [0.29, 0.717) is 0 Å². The van der Waals surface area contributed by atoms with Crippen LogP contribution in [-0.2, 0) is 4.79 Å². The van der Waals surface area contributed by atoms with Gasteiger partial charge in [-0.05, 0) is 25.0 Å². The Balaban J connectivity index is 1.66. The highest BCUT2D eigenvalue weighted by Gasteiger charge is 2.72. The number of nitrogens with zero attached hydrogens (tertiary/aromatic N) is 2. The van der Waals surface area contributed by atoms with Crippen molar-refractivity contribution in [3.63, 3.8) is 0 Å². The molecule has 1 aliphatic carbocycles. The molecular weight excluding hydrogens is 306 g/mol. The van der Waals surface area contributed by atoms with Gasteiger partial charge in [0.2, 0.25) is 5.91 Å². The highest BCUT2D eigenvalue weighted by Crippen LogP contribution is 2.56. The van der Waals surface area contributed by atoms with E-state index in [1.165, 1.54) is 19.2 Å². The Hall–Kier alpha value is -2.31. The molecule has 7 heteroatoms. The molecule has 2 fully saturated rings. The molecule has 2 aliphatic heterocycles. The Bertz CT molecular complexity index is 714. The molecule has 1 saturated carbocycles. The lowest BCUT2D eigenvalue weighted by atomic mass is 10.1. The van der Waals surface area contributed by atoms with Crippen molar-refractivity contribution in [1.82, 2.24) is 9.80 Å². The molecule has 0 radical (unpaired) electrons. The summed E-state index contributed by atoms with van der Waals surface area (Å²) in [7, 11) is 1.32. The van der Waals surface area contributed by atoms with Crippen LogP contribution in [0, 0.1) is 5.92 Å². The predicted octanol–water partition coefficient (Wildman–Crippen LogP) is 1.54. The first-order valence-electron chi connectivity index (χ1n) is 7.47. The molecule has 2 heterocycles. The Kier molecular flexibility index (Phi) is 2.71. The number of likely N-dealkylation sites (N-methyl/N-ethyl adjacent to an activating group) is 1. The molecule has 1 aromatic rings. The number of alkyl halides is 2. The summed E-state index contributed by atoms with van der Waals surface area (Å²) >= 11 is 0. The minimum atomic E-state index is -2.86. The first-order chi connectivity index (χ1) is 10.9. The monoisotopic (exact) mass is 320 g/mol. The van der Waals surface area contributed by atoms with Gasteiger partial charge in [-0.3, -0.25) is 19.3 Å². The van der Waals surface area contributed by atoms with E-state index in [-0.39, 0.29) is 24.0 Å². The second-order valence-corrected chi connectivity index (χ2v) is 6.29. The average Bonchev–Trinajstić information content (AvgIpc) is 3.03. The largest absolute Gasteiger partial charge is 0.334 e. The van der Waals surface area contributed by atoms with E-state index in [1.807, 2.05) is 0 Å². The van der Waals surface area contributed by atoms with Crippen LogP contribution in [0.25, 0.3) is 0 Å². The maximum absolute atomic E-state index is 13.6. The fraction of sp³-hybridized carbons (Fsp3) is 0.438. The smallest absolute Gasteiger partial charge is 0.273 e. The van der Waals surface area contributed by atoms with Crippen molar-refractivity contribution in [2.45, 2.75) is 30.8 Å². The van der Waals surface area contributed by atoms with E-state index in [0.717, 1.165) is 9.80 Å². The highest BCUT2D eigenvalue weighted by atomic mass is 19.3. The van der Waals surface area contributed by atoms with Crippen LogP contribution in [-0.4, -0.2) is 52.6 Å². The van der Waals surface area contributed by atoms with Gasteiger partial charge in [-0.2, -0.15) is 0 Å². The number of benzene rings is 1. The summed E-state index contributed by atoms with van der Waals surface area (Å²) in [4.78, 5) is 39.4. The van der Waals surface area contributed by atoms with E-state index in [2.05, 4.69) is 0 Å². The van der Waals surface area contributed by atoms with E-state index < -0.39 is 41.6 Å². The number of halogens is 2. The molecule has 1 saturated heterocycles. The third-order valence-corrected chi connectivity index (χ3v) is 5.10. The zero-order chi connectivity index (χ0) is 16.5. The van der Waals surface area contributed by atoms with Gasteiger partial charge >= 0.3 is 0 Å². The molecule has 3 amide bonds. The molecule has 0 N–H and O–H groups in total. The Morgan fingerprint density at radius 2 is 1.61 bits per heavy atom. The third kappa shape index (κ3) is 1.73. The van der Waals surface area contributed by atoms with Gasteiger partial charge < -0.3 is 4.90 Å². The zero-order valence-electron chi connectivity index (χ0n) is 12.3. The normalized spacial score (nSPS) is 31.8. The van der Waals surface area contributed by atoms with Crippen molar-refractivity contribution in [2.75, 3.05) is 7.05 Å². The van der Waals surface area contributed by atoms with Crippen molar-refractivity contribution in [2.24, 2.45) is 5.92 Å². The second kappa shape index (κ2) is 4.37. The molecule has 5 nitrogen and oxygen atoms in total. The van der Waals surface area contributed by atoms with Crippen molar-refractivity contribution in [3.8, 4) is 0 Å². The molecule has 23 heavy (non-hydrogen) atoms. The van der Waals surface area contributed by atoms with Crippen LogP contribution in [0.4, 0.5) is 8.78 Å². The summed E-state index contributed by atoms with van der Waals surface area (Å²) in [5.41, 5.74) is 0.514. The SMILES string of the molecule is CN1C(=O)[C@@H](N2C(=O)c3ccccc3C2=O)CCC2C1C2(F)F. The summed E-state index contributed by atoms with van der Waals surface area (Å²) in [6.07, 6.45) is 0.192. The van der Waals surface area contributed by atoms with Crippen molar-refractivity contribution < 1.29 is 23.2 Å². The van der Waals surface area contributed by atoms with Crippen LogP contribution in [0.15, 0.2) is 24.3 Å². The van der Waals surface area contributed by atoms with E-state index in [1.54, 1.807) is 12.1 Å². The van der Waals surface area contributed by atoms with Gasteiger partial charge in [0, 0.05) is 7.05 Å². The zero-order valence-corrected chi connectivity index (χ0v) is 12.3. The molecule has 0 spiro atoms. The number of likely N-dealkylation sites (tertiary alicyclic amines) is 1. The molecule has 4 rings (SSSR count). The Morgan fingerprint density at radius 1 is 1.04 bits per heavy atom. The van der Waals surface area contributed by atoms with Crippen LogP contribution in [0.1, 0.15) is 33.6 Å². The fourth-order valence-corrected chi connectivity index (χ4v) is 3.81. The summed E-state index contributed by atoms with van der Waals surface area (Å²) in [5.74, 6) is -5.39. The van der Waals surface area contributed by atoms with Crippen LogP contribution in [0.2, 0.25) is 0 Å². The first-order valence-corrected chi connectivity index (χ1v) is 7.47. The number of hydrogen-bond acceptors (Lipinski definition) is 3. The van der Waals surface area contributed by atoms with E-state index in [4.69, 9.17) is 0 Å². The summed E-state index contributed by atoms with van der Waals surface area (Å²) in [6, 6.07) is 4.23. The van der Waals surface area contributed by atoms with Gasteiger partial charge in [-0.1, -0.05) is 12.1 Å². The number of fused-ring (bicyclic) bond motifs is 2. The third-order valence-electron chi connectivity index (χ3n) is 5.10. The molecule has 2 unspecified atom stereocenters. The van der Waals surface area contributed by atoms with Crippen LogP contribution >= 0.6 is 0 Å². The average molecular weight is 320 g/mol. The fourth-order valence-electron chi connectivity index (χ4n) is 3.81. The topological polar surface area (TPSA) is 57.7 Å². The van der Waals surface area contributed by atoms with Crippen LogP contribution < -0.4 is 0 Å². The standard InChI is InChI=1S/C16H14F2N2O3/c1-19-12-10(16(12,17)18)6-7-11(15(19)23)20-13(21)8-4-2-3-5-9(8)14(20)22/h2-5,10-12H,6-7H2,1H3/t10?,11-,12?/m0/s1. The lowest BCUT2D eigenvalue weighted by molar-refractivity contribution is -0.136. The van der Waals surface area contributed by atoms with E-state index in [9.17, 15) is 23.2 Å². The van der Waals surface area contributed by atoms with Gasteiger partial charge in [0.05, 0.1) is 17.0 Å². The van der Waals surface area contributed by atoms with Crippen molar-refractivity contribution >= 4 is 17.7 Å². The van der Waals surface area contributed by atoms with E-state index >= 15 is 0 Å². The minimum absolute atomic E-state index is 0.0748. The van der Waals surface area contributed by atoms with Crippen molar-refractivity contribution in [1.29, 1.82) is 0 Å². The van der Waals surface area contributed by atoms with Gasteiger partial charge in [0.15, 0.2) is 0 Å². The molecule has 0 aromatic heterocycles. The van der Waals surface area contributed by atoms with Gasteiger partial charge in [-0.25, -0.2) is 8.78 Å². The Labute approximate surface area is 130 Å². The predicted molar refractivity (Wildman–Crippen MR) is 75.0 cm³/mol. The Morgan fingerprint density at radius 3 is 2.17 bits per heavy atom. The second-order valence-electron chi connectivity index (χ2n) is 6.29. The molecule has 3 aliphatic rings. The minimum Gasteiger partial charge on any atom is -0.334 e. The molecular formula is C16H14F2N2O3. The molecule has 0 bridgehead atoms. The number of hydrogen-bond donors (Lipinski definition) is 0. The number of carbonyl (C=O) groups is 3. The van der Waals surface area contributed by atoms with Gasteiger partial charge in [-0.15, -0.1) is 0 Å². The van der Waals surface area contributed by atoms with Gasteiger partial charge in [0.25, 0.3) is 17.7 Å². The van der Waals surface area contributed by atoms with Crippen LogP contribution in [0.3, 0.4) is 0 Å². The quantitative estimate of drug-likeness (QED) is 0.738. The lowest BCUT2D eigenvalue weighted by Gasteiger charge is -2.28. The summed E-state index contributed by atoms with van der Waals surface area (Å²) in [5, 5.41) is 0. The molecule has 1 aromatic carbocycles. The highest BCUT2D eigenvalue weighted by molar-refractivity contribution is 6.22. The summed E-state index contributed by atoms with van der Waals surface area (Å²) < 4.78 is 27.3. The number of rotatable bonds is 1. The maximum Gasteiger partial charge on any atom is 0.273 e. The number of carbonyl (C=O) groups excluding carboxylic acids is 3.